The summed E-state index contributed by atoms with van der Waals surface area (Å²) in [5.74, 6) is -0.330. The molecular weight excluding hydrogens is 546 g/mol. The number of fused-ring (bicyclic) bond motifs is 1. The van der Waals surface area contributed by atoms with Gasteiger partial charge in [-0.05, 0) is 56.6 Å². The number of aromatic amines is 1. The molecule has 2 unspecified atom stereocenters. The molecule has 2 atom stereocenters. The Bertz CT molecular complexity index is 1550. The lowest BCUT2D eigenvalue weighted by atomic mass is 9.75. The van der Waals surface area contributed by atoms with Crippen LogP contribution in [0.25, 0.3) is 21.9 Å². The maximum absolute atomic E-state index is 13.7. The van der Waals surface area contributed by atoms with Gasteiger partial charge in [-0.1, -0.05) is 38.0 Å². The summed E-state index contributed by atoms with van der Waals surface area (Å²) in [6, 6.07) is 5.72. The van der Waals surface area contributed by atoms with Gasteiger partial charge in [-0.2, -0.15) is 0 Å². The van der Waals surface area contributed by atoms with Gasteiger partial charge in [0.15, 0.2) is 11.5 Å². The Labute approximate surface area is 242 Å². The van der Waals surface area contributed by atoms with Crippen molar-refractivity contribution in [1.29, 1.82) is 0 Å². The van der Waals surface area contributed by atoms with E-state index < -0.39 is 41.9 Å². The van der Waals surface area contributed by atoms with E-state index in [-0.39, 0.29) is 27.9 Å². The number of nitrogens with one attached hydrogen (secondary N) is 1. The molecule has 3 aromatic rings. The van der Waals surface area contributed by atoms with Crippen LogP contribution in [0, 0.1) is 38.2 Å². The second-order valence-corrected chi connectivity index (χ2v) is 10.8. The molecular formula is C29H33N5O8. The van der Waals surface area contributed by atoms with Gasteiger partial charge in [0.05, 0.1) is 20.8 Å². The van der Waals surface area contributed by atoms with Crippen molar-refractivity contribution in [2.24, 2.45) is 17.8 Å². The number of hydrogen-bond acceptors (Lipinski definition) is 9. The van der Waals surface area contributed by atoms with E-state index in [1.165, 1.54) is 0 Å². The Morgan fingerprint density at radius 3 is 2.07 bits per heavy atom. The van der Waals surface area contributed by atoms with Gasteiger partial charge in [0, 0.05) is 5.56 Å². The molecule has 1 N–H and O–H groups in total. The van der Waals surface area contributed by atoms with Crippen molar-refractivity contribution >= 4 is 35.6 Å². The third-order valence-electron chi connectivity index (χ3n) is 7.32. The fourth-order valence-electron chi connectivity index (χ4n) is 5.74. The second-order valence-electron chi connectivity index (χ2n) is 10.8. The lowest BCUT2D eigenvalue weighted by Crippen LogP contribution is -2.43. The molecule has 3 amide bonds. The van der Waals surface area contributed by atoms with Gasteiger partial charge >= 0.3 is 24.2 Å². The van der Waals surface area contributed by atoms with Crippen LogP contribution < -0.4 is 4.74 Å². The molecule has 2 heterocycles. The van der Waals surface area contributed by atoms with E-state index in [9.17, 15) is 19.2 Å². The molecule has 42 heavy (non-hydrogen) atoms. The van der Waals surface area contributed by atoms with Crippen LogP contribution in [0.2, 0.25) is 0 Å². The third-order valence-corrected chi connectivity index (χ3v) is 7.32. The number of esters is 1. The molecule has 0 saturated heterocycles. The number of amides is 3. The zero-order valence-corrected chi connectivity index (χ0v) is 24.5. The zero-order valence-electron chi connectivity index (χ0n) is 24.5. The number of hydrogen-bond donors (Lipinski definition) is 1. The maximum atomic E-state index is 13.7. The summed E-state index contributed by atoms with van der Waals surface area (Å²) in [4.78, 5) is 59.1. The van der Waals surface area contributed by atoms with Gasteiger partial charge in [-0.25, -0.2) is 33.5 Å². The predicted octanol–water partition coefficient (Wildman–Crippen LogP) is 6.06. The summed E-state index contributed by atoms with van der Waals surface area (Å²) in [5, 5.41) is 2.97. The maximum Gasteiger partial charge on any atom is 0.434 e. The molecule has 0 radical (unpaired) electrons. The highest BCUT2D eigenvalue weighted by Crippen LogP contribution is 2.41. The SMILES string of the molecule is [C-]#[N+]c1c(C(=O)OC2C(C)CC(C)CC2C)c2nc(-c3cc(C)cc(C)c3)[nH]n2c1OC(=O)N(C(=O)OC)C(=O)OC. The van der Waals surface area contributed by atoms with Crippen molar-refractivity contribution in [3.8, 4) is 17.3 Å². The van der Waals surface area contributed by atoms with Crippen LogP contribution in [-0.2, 0) is 14.2 Å². The number of carbonyl (C=O) groups excluding carboxylic acids is 4. The zero-order chi connectivity index (χ0) is 30.9. The number of carbonyl (C=O) groups is 4. The van der Waals surface area contributed by atoms with Crippen LogP contribution >= 0.6 is 0 Å². The number of rotatable bonds is 4. The molecule has 1 aromatic carbocycles. The van der Waals surface area contributed by atoms with Crippen LogP contribution in [0.15, 0.2) is 18.2 Å². The fraction of sp³-hybridized carbons (Fsp3) is 0.448. The minimum atomic E-state index is -1.52. The molecule has 1 fully saturated rings. The number of H-pyrrole nitrogens is 1. The topological polar surface area (TPSA) is 146 Å². The largest absolute Gasteiger partial charge is 0.459 e. The number of methoxy groups -OCH3 is 2. The van der Waals surface area contributed by atoms with Crippen LogP contribution in [-0.4, -0.2) is 64.1 Å². The Hall–Kier alpha value is -4.86. The number of nitrogens with zero attached hydrogens (tertiary/aromatic N) is 4. The smallest absolute Gasteiger partial charge is 0.434 e. The van der Waals surface area contributed by atoms with Crippen molar-refractivity contribution in [3.63, 3.8) is 0 Å². The van der Waals surface area contributed by atoms with Crippen LogP contribution in [0.5, 0.6) is 5.88 Å². The van der Waals surface area contributed by atoms with Crippen LogP contribution in [0.4, 0.5) is 20.1 Å². The van der Waals surface area contributed by atoms with E-state index in [1.54, 1.807) is 0 Å². The Morgan fingerprint density at radius 2 is 1.55 bits per heavy atom. The summed E-state index contributed by atoms with van der Waals surface area (Å²) >= 11 is 0. The Kier molecular flexibility index (Phi) is 8.56. The van der Waals surface area contributed by atoms with Crippen molar-refractivity contribution in [2.75, 3.05) is 14.2 Å². The molecule has 1 aliphatic carbocycles. The van der Waals surface area contributed by atoms with E-state index >= 15 is 0 Å². The number of imide groups is 3. The van der Waals surface area contributed by atoms with Gasteiger partial charge < -0.3 is 18.9 Å². The monoisotopic (exact) mass is 579 g/mol. The minimum Gasteiger partial charge on any atom is -0.459 e. The van der Waals surface area contributed by atoms with E-state index in [1.807, 2.05) is 45.9 Å². The van der Waals surface area contributed by atoms with E-state index in [0.29, 0.717) is 17.3 Å². The predicted molar refractivity (Wildman–Crippen MR) is 149 cm³/mol. The first-order valence-electron chi connectivity index (χ1n) is 13.4. The normalized spacial score (nSPS) is 20.0. The van der Waals surface area contributed by atoms with Crippen molar-refractivity contribution in [2.45, 2.75) is 53.6 Å². The van der Waals surface area contributed by atoms with E-state index in [4.69, 9.17) is 16.0 Å². The number of ether oxygens (including phenoxy) is 4. The number of benzene rings is 1. The van der Waals surface area contributed by atoms with Crippen LogP contribution in [0.1, 0.15) is 55.1 Å². The van der Waals surface area contributed by atoms with Crippen molar-refractivity contribution < 1.29 is 38.1 Å². The lowest BCUT2D eigenvalue weighted by Gasteiger charge is -2.37. The summed E-state index contributed by atoms with van der Waals surface area (Å²) in [6.45, 7) is 17.9. The fourth-order valence-corrected chi connectivity index (χ4v) is 5.74. The highest BCUT2D eigenvalue weighted by molar-refractivity contribution is 6.07. The molecule has 13 heteroatoms. The second kappa shape index (κ2) is 11.9. The first-order valence-corrected chi connectivity index (χ1v) is 13.4. The highest BCUT2D eigenvalue weighted by atomic mass is 16.6. The number of aryl methyl sites for hydroxylation is 2. The average Bonchev–Trinajstić information content (AvgIpc) is 3.47. The van der Waals surface area contributed by atoms with E-state index in [2.05, 4.69) is 31.3 Å². The molecule has 0 bridgehead atoms. The van der Waals surface area contributed by atoms with Gasteiger partial charge in [0.1, 0.15) is 11.7 Å². The Morgan fingerprint density at radius 1 is 0.976 bits per heavy atom. The molecule has 13 nitrogen and oxygen atoms in total. The molecule has 2 aromatic heterocycles. The number of aromatic nitrogens is 3. The summed E-state index contributed by atoms with van der Waals surface area (Å²) in [7, 11) is 1.91. The minimum absolute atomic E-state index is 0.0289. The molecule has 0 spiro atoms. The third kappa shape index (κ3) is 5.65. The van der Waals surface area contributed by atoms with Gasteiger partial charge in [-0.3, -0.25) is 5.10 Å². The standard InChI is InChI=1S/C29H33N5O8/c1-14-9-15(2)13-19(12-14)23-31-24-20(26(35)41-22-17(4)10-16(3)11-18(22)5)21(30-6)25(34(24)32-23)42-29(38)33(27(36)39-7)28(37)40-8/h9,12-13,16-18,22H,10-11H2,1-5,7-8H3,(H,31,32). The molecule has 1 aliphatic rings. The van der Waals surface area contributed by atoms with Crippen molar-refractivity contribution in [3.05, 3.63) is 46.3 Å². The Balaban J connectivity index is 1.86. The van der Waals surface area contributed by atoms with Crippen molar-refractivity contribution in [1.82, 2.24) is 19.5 Å². The first kappa shape index (κ1) is 30.1. The van der Waals surface area contributed by atoms with Gasteiger partial charge in [0.2, 0.25) is 5.88 Å². The quantitative estimate of drug-likeness (QED) is 0.221. The summed E-state index contributed by atoms with van der Waals surface area (Å²) < 4.78 is 21.5. The average molecular weight is 580 g/mol. The molecule has 0 aliphatic heterocycles. The lowest BCUT2D eigenvalue weighted by molar-refractivity contribution is -0.0249. The molecule has 4 rings (SSSR count). The van der Waals surface area contributed by atoms with E-state index in [0.717, 1.165) is 42.7 Å². The summed E-state index contributed by atoms with van der Waals surface area (Å²) in [6.07, 6.45) is -2.92. The molecule has 222 valence electrons. The van der Waals surface area contributed by atoms with Gasteiger partial charge in [0.25, 0.3) is 5.69 Å². The van der Waals surface area contributed by atoms with Gasteiger partial charge in [-0.15, -0.1) is 4.90 Å². The highest BCUT2D eigenvalue weighted by Gasteiger charge is 2.39. The summed E-state index contributed by atoms with van der Waals surface area (Å²) in [5.41, 5.74) is 1.95. The van der Waals surface area contributed by atoms with Crippen LogP contribution in [0.3, 0.4) is 0 Å². The molecule has 1 saturated carbocycles. The first-order chi connectivity index (χ1) is 19.9.